The largest absolute Gasteiger partial charge is 0.496 e. The van der Waals surface area contributed by atoms with Crippen LogP contribution in [0.2, 0.25) is 0 Å². The van der Waals surface area contributed by atoms with Crippen LogP contribution in [0.25, 0.3) is 0 Å². The highest BCUT2D eigenvalue weighted by Crippen LogP contribution is 2.34. The van der Waals surface area contributed by atoms with E-state index < -0.39 is 0 Å². The number of hydrogen-bond donors (Lipinski definition) is 1. The second-order valence-corrected chi connectivity index (χ2v) is 6.43. The van der Waals surface area contributed by atoms with E-state index in [1.54, 1.807) is 21.3 Å². The molecule has 1 aromatic rings. The lowest BCUT2D eigenvalue weighted by Crippen LogP contribution is -2.46. The zero-order valence-corrected chi connectivity index (χ0v) is 16.1. The zero-order chi connectivity index (χ0) is 18.2. The fraction of sp³-hybridized carbons (Fsp3) is 0.632. The standard InChI is InChI=1S/C19H31N3O3/c1-14-7-6-10-22(13-14)19(20-2)21-9-8-16-17(24-4)11-15(23-3)12-18(16)25-5/h11-12,14H,6-10,13H2,1-5H3,(H,20,21). The zero-order valence-electron chi connectivity index (χ0n) is 16.1. The summed E-state index contributed by atoms with van der Waals surface area (Å²) in [5.74, 6) is 3.97. The summed E-state index contributed by atoms with van der Waals surface area (Å²) in [6, 6.07) is 3.78. The Balaban J connectivity index is 2.02. The second kappa shape index (κ2) is 9.39. The number of hydrogen-bond acceptors (Lipinski definition) is 4. The van der Waals surface area contributed by atoms with Gasteiger partial charge in [-0.3, -0.25) is 4.99 Å². The number of methoxy groups -OCH3 is 3. The van der Waals surface area contributed by atoms with Crippen molar-refractivity contribution in [1.82, 2.24) is 10.2 Å². The van der Waals surface area contributed by atoms with Gasteiger partial charge in [0.05, 0.1) is 21.3 Å². The molecule has 0 aliphatic carbocycles. The third kappa shape index (κ3) is 4.94. The van der Waals surface area contributed by atoms with Crippen LogP contribution in [0.1, 0.15) is 25.3 Å². The monoisotopic (exact) mass is 349 g/mol. The molecule has 0 radical (unpaired) electrons. The molecule has 0 amide bonds. The Labute approximate surface area is 151 Å². The van der Waals surface area contributed by atoms with Gasteiger partial charge in [0.15, 0.2) is 5.96 Å². The summed E-state index contributed by atoms with van der Waals surface area (Å²) in [6.45, 7) is 5.19. The van der Waals surface area contributed by atoms with Gasteiger partial charge in [0, 0.05) is 44.4 Å². The number of likely N-dealkylation sites (tertiary alicyclic amines) is 1. The van der Waals surface area contributed by atoms with Gasteiger partial charge in [-0.05, 0) is 25.2 Å². The first-order valence-electron chi connectivity index (χ1n) is 8.87. The van der Waals surface area contributed by atoms with E-state index in [1.165, 1.54) is 12.8 Å². The molecule has 6 heteroatoms. The van der Waals surface area contributed by atoms with Crippen LogP contribution in [0.15, 0.2) is 17.1 Å². The molecule has 1 atom stereocenters. The fourth-order valence-electron chi connectivity index (χ4n) is 3.34. The molecule has 1 unspecified atom stereocenters. The average Bonchev–Trinajstić information content (AvgIpc) is 2.64. The van der Waals surface area contributed by atoms with E-state index in [1.807, 2.05) is 19.2 Å². The van der Waals surface area contributed by atoms with Gasteiger partial charge in [0.1, 0.15) is 17.2 Å². The number of ether oxygens (including phenoxy) is 3. The van der Waals surface area contributed by atoms with Gasteiger partial charge in [0.25, 0.3) is 0 Å². The predicted molar refractivity (Wildman–Crippen MR) is 101 cm³/mol. The van der Waals surface area contributed by atoms with E-state index in [2.05, 4.69) is 22.1 Å². The summed E-state index contributed by atoms with van der Waals surface area (Å²) in [5.41, 5.74) is 1.03. The van der Waals surface area contributed by atoms with Crippen molar-refractivity contribution in [2.45, 2.75) is 26.2 Å². The highest BCUT2D eigenvalue weighted by Gasteiger charge is 2.19. The molecule has 0 spiro atoms. The quantitative estimate of drug-likeness (QED) is 0.632. The smallest absolute Gasteiger partial charge is 0.193 e. The van der Waals surface area contributed by atoms with Crippen molar-refractivity contribution in [3.63, 3.8) is 0 Å². The van der Waals surface area contributed by atoms with Crippen molar-refractivity contribution >= 4 is 5.96 Å². The van der Waals surface area contributed by atoms with Crippen molar-refractivity contribution in [3.8, 4) is 17.2 Å². The van der Waals surface area contributed by atoms with Crippen LogP contribution in [-0.4, -0.2) is 58.9 Å². The Morgan fingerprint density at radius 2 is 1.88 bits per heavy atom. The van der Waals surface area contributed by atoms with Crippen molar-refractivity contribution < 1.29 is 14.2 Å². The third-order valence-corrected chi connectivity index (χ3v) is 4.64. The lowest BCUT2D eigenvalue weighted by molar-refractivity contribution is 0.266. The number of piperidine rings is 1. The molecule has 6 nitrogen and oxygen atoms in total. The third-order valence-electron chi connectivity index (χ3n) is 4.64. The molecule has 1 N–H and O–H groups in total. The fourth-order valence-corrected chi connectivity index (χ4v) is 3.34. The molecule has 2 rings (SSSR count). The number of nitrogens with zero attached hydrogens (tertiary/aromatic N) is 2. The van der Waals surface area contributed by atoms with Crippen LogP contribution in [0, 0.1) is 5.92 Å². The maximum absolute atomic E-state index is 5.52. The molecule has 1 heterocycles. The normalized spacial score (nSPS) is 18.0. The number of benzene rings is 1. The minimum atomic E-state index is 0.717. The van der Waals surface area contributed by atoms with Gasteiger partial charge in [-0.2, -0.15) is 0 Å². The molecule has 1 fully saturated rings. The average molecular weight is 349 g/mol. The summed E-state index contributed by atoms with van der Waals surface area (Å²) in [4.78, 5) is 6.78. The lowest BCUT2D eigenvalue weighted by atomic mass is 10.0. The van der Waals surface area contributed by atoms with Gasteiger partial charge in [0.2, 0.25) is 0 Å². The number of nitrogens with one attached hydrogen (secondary N) is 1. The summed E-state index contributed by atoms with van der Waals surface area (Å²) in [6.07, 6.45) is 3.30. The van der Waals surface area contributed by atoms with Crippen molar-refractivity contribution in [1.29, 1.82) is 0 Å². The highest BCUT2D eigenvalue weighted by molar-refractivity contribution is 5.80. The topological polar surface area (TPSA) is 55.3 Å². The number of rotatable bonds is 6. The molecule has 0 saturated carbocycles. The molecule has 0 aromatic heterocycles. The van der Waals surface area contributed by atoms with E-state index in [4.69, 9.17) is 14.2 Å². The van der Waals surface area contributed by atoms with Crippen LogP contribution in [0.4, 0.5) is 0 Å². The Morgan fingerprint density at radius 1 is 1.20 bits per heavy atom. The molecule has 1 aliphatic rings. The summed E-state index contributed by atoms with van der Waals surface area (Å²) >= 11 is 0. The van der Waals surface area contributed by atoms with Crippen LogP contribution in [0.3, 0.4) is 0 Å². The molecule has 1 aliphatic heterocycles. The Morgan fingerprint density at radius 3 is 2.40 bits per heavy atom. The van der Waals surface area contributed by atoms with Crippen molar-refractivity contribution in [2.75, 3.05) is 48.0 Å². The lowest BCUT2D eigenvalue weighted by Gasteiger charge is -2.33. The van der Waals surface area contributed by atoms with Gasteiger partial charge in [-0.15, -0.1) is 0 Å². The second-order valence-electron chi connectivity index (χ2n) is 6.43. The molecule has 25 heavy (non-hydrogen) atoms. The van der Waals surface area contributed by atoms with Gasteiger partial charge >= 0.3 is 0 Å². The van der Waals surface area contributed by atoms with Crippen LogP contribution in [-0.2, 0) is 6.42 Å². The first-order chi connectivity index (χ1) is 12.1. The molecule has 0 bridgehead atoms. The minimum absolute atomic E-state index is 0.717. The Bertz CT molecular complexity index is 564. The summed E-state index contributed by atoms with van der Waals surface area (Å²) in [5, 5.41) is 3.47. The minimum Gasteiger partial charge on any atom is -0.496 e. The number of guanidine groups is 1. The highest BCUT2D eigenvalue weighted by atomic mass is 16.5. The summed E-state index contributed by atoms with van der Waals surface area (Å²) in [7, 11) is 6.81. The molecular formula is C19H31N3O3. The van der Waals surface area contributed by atoms with E-state index in [-0.39, 0.29) is 0 Å². The first-order valence-corrected chi connectivity index (χ1v) is 8.87. The molecule has 1 saturated heterocycles. The number of aliphatic imine (C=N–C) groups is 1. The van der Waals surface area contributed by atoms with Crippen LogP contribution < -0.4 is 19.5 Å². The van der Waals surface area contributed by atoms with E-state index >= 15 is 0 Å². The van der Waals surface area contributed by atoms with Crippen molar-refractivity contribution in [2.24, 2.45) is 10.9 Å². The van der Waals surface area contributed by atoms with Gasteiger partial charge in [-0.1, -0.05) is 6.92 Å². The van der Waals surface area contributed by atoms with E-state index in [0.717, 1.165) is 54.8 Å². The van der Waals surface area contributed by atoms with Gasteiger partial charge < -0.3 is 24.4 Å². The van der Waals surface area contributed by atoms with E-state index in [9.17, 15) is 0 Å². The maximum Gasteiger partial charge on any atom is 0.193 e. The maximum atomic E-state index is 5.52. The predicted octanol–water partition coefficient (Wildman–Crippen LogP) is 2.56. The Hall–Kier alpha value is -2.11. The molecule has 1 aromatic carbocycles. The van der Waals surface area contributed by atoms with Crippen LogP contribution >= 0.6 is 0 Å². The Kier molecular flexibility index (Phi) is 7.22. The first kappa shape index (κ1) is 19.2. The van der Waals surface area contributed by atoms with Gasteiger partial charge in [-0.25, -0.2) is 0 Å². The van der Waals surface area contributed by atoms with Crippen molar-refractivity contribution in [3.05, 3.63) is 17.7 Å². The van der Waals surface area contributed by atoms with Crippen LogP contribution in [0.5, 0.6) is 17.2 Å². The molecule has 140 valence electrons. The SMILES string of the molecule is CN=C(NCCc1c(OC)cc(OC)cc1OC)N1CCCC(C)C1. The summed E-state index contributed by atoms with van der Waals surface area (Å²) < 4.78 is 16.3. The molecular weight excluding hydrogens is 318 g/mol. The van der Waals surface area contributed by atoms with E-state index in [0.29, 0.717) is 5.92 Å².